The van der Waals surface area contributed by atoms with Crippen molar-refractivity contribution in [3.8, 4) is 6.07 Å². The molecule has 4 nitrogen and oxygen atoms in total. The molecule has 0 spiro atoms. The number of benzene rings is 1. The minimum Gasteiger partial charge on any atom is -0.352 e. The summed E-state index contributed by atoms with van der Waals surface area (Å²) in [6, 6.07) is 12.1. The minimum absolute atomic E-state index is 0.0960. The van der Waals surface area contributed by atoms with Gasteiger partial charge in [-0.1, -0.05) is 30.3 Å². The first-order valence-electron chi connectivity index (χ1n) is 6.70. The highest BCUT2D eigenvalue weighted by atomic mass is 16.1. The van der Waals surface area contributed by atoms with Crippen molar-refractivity contribution in [2.45, 2.75) is 19.4 Å². The van der Waals surface area contributed by atoms with E-state index in [9.17, 15) is 4.79 Å². The Morgan fingerprint density at radius 1 is 1.32 bits per heavy atom. The molecule has 1 aromatic carbocycles. The minimum atomic E-state index is 0.0960. The number of carbonyl (C=O) groups excluding carboxylic acids is 1. The van der Waals surface area contributed by atoms with Crippen LogP contribution in [-0.4, -0.2) is 30.4 Å². The number of nitrogens with one attached hydrogen (secondary N) is 1. The topological polar surface area (TPSA) is 56.1 Å². The molecule has 0 unspecified atom stereocenters. The average Bonchev–Trinajstić information content (AvgIpc) is 2.47. The Morgan fingerprint density at radius 3 is 2.63 bits per heavy atom. The fourth-order valence-corrected chi connectivity index (χ4v) is 2.38. The van der Waals surface area contributed by atoms with Crippen LogP contribution in [0, 0.1) is 17.2 Å². The first-order valence-corrected chi connectivity index (χ1v) is 6.70. The van der Waals surface area contributed by atoms with E-state index < -0.39 is 0 Å². The molecule has 0 bridgehead atoms. The predicted octanol–water partition coefficient (Wildman–Crippen LogP) is 1.54. The summed E-state index contributed by atoms with van der Waals surface area (Å²) in [5, 5.41) is 11.6. The highest BCUT2D eigenvalue weighted by Crippen LogP contribution is 2.17. The quantitative estimate of drug-likeness (QED) is 0.832. The van der Waals surface area contributed by atoms with Crippen molar-refractivity contribution in [3.63, 3.8) is 0 Å². The second kappa shape index (κ2) is 6.91. The summed E-state index contributed by atoms with van der Waals surface area (Å²) in [6.45, 7) is 2.75. The smallest absolute Gasteiger partial charge is 0.223 e. The van der Waals surface area contributed by atoms with Crippen LogP contribution in [0.5, 0.6) is 0 Å². The maximum Gasteiger partial charge on any atom is 0.223 e. The van der Waals surface area contributed by atoms with E-state index in [4.69, 9.17) is 5.26 Å². The monoisotopic (exact) mass is 257 g/mol. The van der Waals surface area contributed by atoms with Crippen molar-refractivity contribution < 1.29 is 4.79 Å². The molecule has 0 radical (unpaired) electrons. The number of likely N-dealkylation sites (tertiary alicyclic amines) is 1. The number of carbonyl (C=O) groups is 1. The Labute approximate surface area is 114 Å². The van der Waals surface area contributed by atoms with Gasteiger partial charge in [-0.05, 0) is 31.5 Å². The highest BCUT2D eigenvalue weighted by molar-refractivity contribution is 5.78. The molecule has 0 saturated carbocycles. The van der Waals surface area contributed by atoms with Gasteiger partial charge in [0.1, 0.15) is 0 Å². The number of hydrogen-bond acceptors (Lipinski definition) is 3. The van der Waals surface area contributed by atoms with Gasteiger partial charge in [-0.2, -0.15) is 5.26 Å². The molecule has 1 aromatic rings. The standard InChI is InChI=1S/C15H19N3O/c16-8-11-18-9-6-14(7-10-18)15(19)17-12-13-4-2-1-3-5-13/h1-5,14H,6-7,9-12H2,(H,17,19). The van der Waals surface area contributed by atoms with E-state index >= 15 is 0 Å². The van der Waals surface area contributed by atoms with Crippen molar-refractivity contribution in [1.82, 2.24) is 10.2 Å². The number of hydrogen-bond donors (Lipinski definition) is 1. The molecule has 0 atom stereocenters. The summed E-state index contributed by atoms with van der Waals surface area (Å²) in [5.74, 6) is 0.235. The van der Waals surface area contributed by atoms with Crippen molar-refractivity contribution in [1.29, 1.82) is 5.26 Å². The number of rotatable bonds is 4. The van der Waals surface area contributed by atoms with Crippen LogP contribution < -0.4 is 5.32 Å². The Morgan fingerprint density at radius 2 is 2.00 bits per heavy atom. The molecule has 1 saturated heterocycles. The summed E-state index contributed by atoms with van der Waals surface area (Å²) < 4.78 is 0. The maximum absolute atomic E-state index is 12.0. The zero-order valence-electron chi connectivity index (χ0n) is 11.0. The lowest BCUT2D eigenvalue weighted by Gasteiger charge is -2.29. The molecule has 100 valence electrons. The van der Waals surface area contributed by atoms with E-state index in [0.29, 0.717) is 13.1 Å². The number of nitrogens with zero attached hydrogens (tertiary/aromatic N) is 2. The van der Waals surface area contributed by atoms with Crippen LogP contribution >= 0.6 is 0 Å². The largest absolute Gasteiger partial charge is 0.352 e. The van der Waals surface area contributed by atoms with E-state index in [-0.39, 0.29) is 11.8 Å². The summed E-state index contributed by atoms with van der Waals surface area (Å²) in [5.41, 5.74) is 1.12. The molecule has 1 aliphatic heterocycles. The van der Waals surface area contributed by atoms with Crippen molar-refractivity contribution in [2.75, 3.05) is 19.6 Å². The van der Waals surface area contributed by atoms with Gasteiger partial charge in [-0.25, -0.2) is 0 Å². The predicted molar refractivity (Wildman–Crippen MR) is 73.1 cm³/mol. The van der Waals surface area contributed by atoms with E-state index in [1.807, 2.05) is 30.3 Å². The van der Waals surface area contributed by atoms with Gasteiger partial charge < -0.3 is 5.32 Å². The SMILES string of the molecule is N#CCN1CCC(C(=O)NCc2ccccc2)CC1. The first-order chi connectivity index (χ1) is 9.29. The van der Waals surface area contributed by atoms with E-state index in [1.165, 1.54) is 0 Å². The van der Waals surface area contributed by atoms with E-state index in [0.717, 1.165) is 31.5 Å². The summed E-state index contributed by atoms with van der Waals surface area (Å²) in [7, 11) is 0. The van der Waals surface area contributed by atoms with E-state index in [1.54, 1.807) is 0 Å². The lowest BCUT2D eigenvalue weighted by atomic mass is 9.96. The lowest BCUT2D eigenvalue weighted by molar-refractivity contribution is -0.126. The second-order valence-corrected chi connectivity index (χ2v) is 4.91. The molecule has 1 heterocycles. The van der Waals surface area contributed by atoms with Crippen LogP contribution in [0.2, 0.25) is 0 Å². The third kappa shape index (κ3) is 4.08. The molecular weight excluding hydrogens is 238 g/mol. The van der Waals surface area contributed by atoms with Crippen molar-refractivity contribution >= 4 is 5.91 Å². The van der Waals surface area contributed by atoms with Crippen LogP contribution in [0.1, 0.15) is 18.4 Å². The van der Waals surface area contributed by atoms with Crippen LogP contribution in [0.15, 0.2) is 30.3 Å². The molecule has 2 rings (SSSR count). The molecular formula is C15H19N3O. The third-order valence-electron chi connectivity index (χ3n) is 3.56. The van der Waals surface area contributed by atoms with E-state index in [2.05, 4.69) is 16.3 Å². The molecule has 1 amide bonds. The van der Waals surface area contributed by atoms with Crippen molar-refractivity contribution in [3.05, 3.63) is 35.9 Å². The van der Waals surface area contributed by atoms with Crippen LogP contribution in [0.25, 0.3) is 0 Å². The van der Waals surface area contributed by atoms with Gasteiger partial charge in [0.05, 0.1) is 12.6 Å². The molecule has 0 aliphatic carbocycles. The van der Waals surface area contributed by atoms with Crippen LogP contribution in [-0.2, 0) is 11.3 Å². The van der Waals surface area contributed by atoms with Gasteiger partial charge in [0, 0.05) is 12.5 Å². The number of amides is 1. The van der Waals surface area contributed by atoms with Gasteiger partial charge in [0.25, 0.3) is 0 Å². The van der Waals surface area contributed by atoms with Gasteiger partial charge in [0.2, 0.25) is 5.91 Å². The van der Waals surface area contributed by atoms with Crippen LogP contribution in [0.4, 0.5) is 0 Å². The lowest BCUT2D eigenvalue weighted by Crippen LogP contribution is -2.40. The molecule has 1 fully saturated rings. The molecule has 1 N–H and O–H groups in total. The number of piperidine rings is 1. The summed E-state index contributed by atoms with van der Waals surface area (Å²) >= 11 is 0. The summed E-state index contributed by atoms with van der Waals surface area (Å²) in [4.78, 5) is 14.1. The molecule has 1 aliphatic rings. The fourth-order valence-electron chi connectivity index (χ4n) is 2.38. The van der Waals surface area contributed by atoms with Gasteiger partial charge in [-0.15, -0.1) is 0 Å². The highest BCUT2D eigenvalue weighted by Gasteiger charge is 2.24. The average molecular weight is 257 g/mol. The third-order valence-corrected chi connectivity index (χ3v) is 3.56. The Balaban J connectivity index is 1.74. The molecule has 19 heavy (non-hydrogen) atoms. The Bertz CT molecular complexity index is 444. The summed E-state index contributed by atoms with van der Waals surface area (Å²) in [6.07, 6.45) is 1.70. The Hall–Kier alpha value is -1.86. The maximum atomic E-state index is 12.0. The normalized spacial score (nSPS) is 16.8. The van der Waals surface area contributed by atoms with Gasteiger partial charge in [0.15, 0.2) is 0 Å². The second-order valence-electron chi connectivity index (χ2n) is 4.91. The zero-order valence-corrected chi connectivity index (χ0v) is 11.0. The first kappa shape index (κ1) is 13.6. The fraction of sp³-hybridized carbons (Fsp3) is 0.467. The molecule has 4 heteroatoms. The number of nitriles is 1. The molecule has 0 aromatic heterocycles. The Kier molecular flexibility index (Phi) is 4.93. The van der Waals surface area contributed by atoms with Crippen LogP contribution in [0.3, 0.4) is 0 Å². The van der Waals surface area contributed by atoms with Gasteiger partial charge in [-0.3, -0.25) is 9.69 Å². The zero-order chi connectivity index (χ0) is 13.5. The van der Waals surface area contributed by atoms with Gasteiger partial charge >= 0.3 is 0 Å². The van der Waals surface area contributed by atoms with Crippen molar-refractivity contribution in [2.24, 2.45) is 5.92 Å².